The minimum absolute atomic E-state index is 0.0496. The number of amides is 3. The Morgan fingerprint density at radius 2 is 2.04 bits per heavy atom. The Labute approximate surface area is 147 Å². The summed E-state index contributed by atoms with van der Waals surface area (Å²) < 4.78 is 23.8. The van der Waals surface area contributed by atoms with Gasteiger partial charge in [-0.25, -0.2) is 9.18 Å². The van der Waals surface area contributed by atoms with E-state index in [1.54, 1.807) is 13.8 Å². The molecule has 0 saturated heterocycles. The molecule has 1 aromatic heterocycles. The van der Waals surface area contributed by atoms with Crippen LogP contribution in [0.4, 0.5) is 9.18 Å². The lowest BCUT2D eigenvalue weighted by molar-refractivity contribution is -0.117. The number of hydrogen-bond donors (Lipinski definition) is 2. The molecule has 25 heavy (non-hydrogen) atoms. The topological polar surface area (TPSA) is 106 Å². The second-order valence-corrected chi connectivity index (χ2v) is 5.74. The number of nitrogens with one attached hydrogen (secondary N) is 2. The first-order valence-electron chi connectivity index (χ1n) is 7.44. The average Bonchev–Trinajstić information content (AvgIpc) is 3.04. The summed E-state index contributed by atoms with van der Waals surface area (Å²) in [6.07, 6.45) is -0.545. The fourth-order valence-corrected chi connectivity index (χ4v) is 2.28. The molecule has 0 saturated carbocycles. The van der Waals surface area contributed by atoms with E-state index in [1.807, 2.05) is 0 Å². The summed E-state index contributed by atoms with van der Waals surface area (Å²) in [6, 6.07) is 4.99. The SMILES string of the molecule is CCNC(=O)NC(=O)CSc1nnc([C@@H](C)Oc2ccc(F)cc2)o1. The molecule has 0 unspecified atom stereocenters. The maximum Gasteiger partial charge on any atom is 0.321 e. The van der Waals surface area contributed by atoms with Gasteiger partial charge in [0.2, 0.25) is 5.91 Å². The summed E-state index contributed by atoms with van der Waals surface area (Å²) in [7, 11) is 0. The van der Waals surface area contributed by atoms with Crippen molar-refractivity contribution >= 4 is 23.7 Å². The highest BCUT2D eigenvalue weighted by Gasteiger charge is 2.17. The first-order valence-corrected chi connectivity index (χ1v) is 8.42. The van der Waals surface area contributed by atoms with Crippen LogP contribution in [0, 0.1) is 5.82 Å². The number of carbonyl (C=O) groups is 2. The Morgan fingerprint density at radius 3 is 2.72 bits per heavy atom. The third-order valence-corrected chi connectivity index (χ3v) is 3.63. The molecule has 8 nitrogen and oxygen atoms in total. The van der Waals surface area contributed by atoms with Crippen LogP contribution in [0.3, 0.4) is 0 Å². The van der Waals surface area contributed by atoms with E-state index < -0.39 is 18.0 Å². The molecular weight excluding hydrogens is 351 g/mol. The summed E-state index contributed by atoms with van der Waals surface area (Å²) in [6.45, 7) is 3.87. The largest absolute Gasteiger partial charge is 0.481 e. The van der Waals surface area contributed by atoms with Gasteiger partial charge in [0.1, 0.15) is 11.6 Å². The van der Waals surface area contributed by atoms with Crippen LogP contribution >= 0.6 is 11.8 Å². The van der Waals surface area contributed by atoms with Crippen LogP contribution in [-0.2, 0) is 4.79 Å². The molecule has 0 aliphatic heterocycles. The first-order chi connectivity index (χ1) is 12.0. The quantitative estimate of drug-likeness (QED) is 0.722. The molecule has 3 amide bonds. The predicted octanol–water partition coefficient (Wildman–Crippen LogP) is 2.29. The number of benzene rings is 1. The Bertz CT molecular complexity index is 723. The first kappa shape index (κ1) is 18.7. The van der Waals surface area contributed by atoms with Crippen LogP contribution in [0.1, 0.15) is 25.8 Å². The number of ether oxygens (including phenoxy) is 1. The molecule has 2 N–H and O–H groups in total. The van der Waals surface area contributed by atoms with Crippen molar-refractivity contribution in [2.24, 2.45) is 0 Å². The Morgan fingerprint density at radius 1 is 1.32 bits per heavy atom. The van der Waals surface area contributed by atoms with Gasteiger partial charge in [-0.2, -0.15) is 0 Å². The number of thioether (sulfide) groups is 1. The number of nitrogens with zero attached hydrogens (tertiary/aromatic N) is 2. The van der Waals surface area contributed by atoms with Crippen molar-refractivity contribution in [2.45, 2.75) is 25.2 Å². The number of imide groups is 1. The molecule has 1 atom stereocenters. The molecule has 0 radical (unpaired) electrons. The highest BCUT2D eigenvalue weighted by molar-refractivity contribution is 7.99. The molecule has 0 spiro atoms. The van der Waals surface area contributed by atoms with Gasteiger partial charge < -0.3 is 14.5 Å². The molecule has 0 fully saturated rings. The van der Waals surface area contributed by atoms with E-state index in [0.717, 1.165) is 11.8 Å². The molecule has 10 heteroatoms. The van der Waals surface area contributed by atoms with Gasteiger partial charge in [-0.05, 0) is 38.1 Å². The van der Waals surface area contributed by atoms with Crippen LogP contribution in [0.5, 0.6) is 5.75 Å². The number of urea groups is 1. The molecule has 0 aliphatic carbocycles. The minimum atomic E-state index is -0.555. The normalized spacial score (nSPS) is 11.6. The minimum Gasteiger partial charge on any atom is -0.481 e. The number of halogens is 1. The Kier molecular flexibility index (Phi) is 6.75. The number of carbonyl (C=O) groups excluding carboxylic acids is 2. The van der Waals surface area contributed by atoms with E-state index in [4.69, 9.17) is 9.15 Å². The lowest BCUT2D eigenvalue weighted by Gasteiger charge is -2.10. The monoisotopic (exact) mass is 368 g/mol. The van der Waals surface area contributed by atoms with Crippen molar-refractivity contribution in [3.05, 3.63) is 36.0 Å². The average molecular weight is 368 g/mol. The molecule has 1 heterocycles. The Hall–Kier alpha value is -2.62. The van der Waals surface area contributed by atoms with E-state index in [-0.39, 0.29) is 22.7 Å². The van der Waals surface area contributed by atoms with Crippen LogP contribution in [0.25, 0.3) is 0 Å². The predicted molar refractivity (Wildman–Crippen MR) is 87.7 cm³/mol. The second-order valence-electron chi connectivity index (χ2n) is 4.82. The van der Waals surface area contributed by atoms with E-state index in [2.05, 4.69) is 20.8 Å². The lowest BCUT2D eigenvalue weighted by atomic mass is 10.3. The van der Waals surface area contributed by atoms with Crippen LogP contribution in [-0.4, -0.2) is 34.4 Å². The van der Waals surface area contributed by atoms with Crippen molar-refractivity contribution in [2.75, 3.05) is 12.3 Å². The van der Waals surface area contributed by atoms with E-state index in [9.17, 15) is 14.0 Å². The molecule has 2 rings (SSSR count). The highest BCUT2D eigenvalue weighted by Crippen LogP contribution is 2.23. The third kappa shape index (κ3) is 6.07. The summed E-state index contributed by atoms with van der Waals surface area (Å²) in [5, 5.41) is 12.4. The van der Waals surface area contributed by atoms with E-state index >= 15 is 0 Å². The van der Waals surface area contributed by atoms with Crippen LogP contribution in [0.2, 0.25) is 0 Å². The van der Waals surface area contributed by atoms with Crippen molar-refractivity contribution in [3.8, 4) is 5.75 Å². The van der Waals surface area contributed by atoms with E-state index in [1.165, 1.54) is 24.3 Å². The van der Waals surface area contributed by atoms with Gasteiger partial charge >= 0.3 is 6.03 Å². The number of aromatic nitrogens is 2. The van der Waals surface area contributed by atoms with Crippen LogP contribution < -0.4 is 15.4 Å². The fourth-order valence-electron chi connectivity index (χ4n) is 1.71. The van der Waals surface area contributed by atoms with Crippen LogP contribution in [0.15, 0.2) is 33.9 Å². The molecule has 1 aromatic carbocycles. The molecule has 0 aliphatic rings. The Balaban J connectivity index is 1.83. The van der Waals surface area contributed by atoms with Crippen molar-refractivity contribution in [3.63, 3.8) is 0 Å². The zero-order valence-electron chi connectivity index (χ0n) is 13.6. The standard InChI is InChI=1S/C15H17FN4O4S/c1-3-17-14(22)18-12(21)8-25-15-20-19-13(24-15)9(2)23-11-6-4-10(16)5-7-11/h4-7,9H,3,8H2,1-2H3,(H2,17,18,21,22)/t9-/m1/s1. The maximum absolute atomic E-state index is 12.9. The summed E-state index contributed by atoms with van der Waals surface area (Å²) in [5.41, 5.74) is 0. The van der Waals surface area contributed by atoms with Gasteiger partial charge in [0.05, 0.1) is 5.75 Å². The van der Waals surface area contributed by atoms with Gasteiger partial charge in [0.15, 0.2) is 6.10 Å². The maximum atomic E-state index is 12.9. The van der Waals surface area contributed by atoms with Gasteiger partial charge in [-0.1, -0.05) is 11.8 Å². The molecular formula is C15H17FN4O4S. The van der Waals surface area contributed by atoms with Gasteiger partial charge in [-0.15, -0.1) is 10.2 Å². The zero-order chi connectivity index (χ0) is 18.2. The molecule has 134 valence electrons. The lowest BCUT2D eigenvalue weighted by Crippen LogP contribution is -2.40. The van der Waals surface area contributed by atoms with Crippen molar-refractivity contribution in [1.29, 1.82) is 0 Å². The van der Waals surface area contributed by atoms with Gasteiger partial charge in [-0.3, -0.25) is 10.1 Å². The van der Waals surface area contributed by atoms with E-state index in [0.29, 0.717) is 12.3 Å². The highest BCUT2D eigenvalue weighted by atomic mass is 32.2. The third-order valence-electron chi connectivity index (χ3n) is 2.81. The summed E-state index contributed by atoms with van der Waals surface area (Å²) >= 11 is 0.998. The molecule has 2 aromatic rings. The van der Waals surface area contributed by atoms with Crippen molar-refractivity contribution in [1.82, 2.24) is 20.8 Å². The van der Waals surface area contributed by atoms with Crippen molar-refractivity contribution < 1.29 is 23.1 Å². The zero-order valence-corrected chi connectivity index (χ0v) is 14.4. The fraction of sp³-hybridized carbons (Fsp3) is 0.333. The number of hydrogen-bond acceptors (Lipinski definition) is 7. The van der Waals surface area contributed by atoms with Gasteiger partial charge in [0.25, 0.3) is 11.1 Å². The second kappa shape index (κ2) is 9.02. The summed E-state index contributed by atoms with van der Waals surface area (Å²) in [4.78, 5) is 22.8. The van der Waals surface area contributed by atoms with Gasteiger partial charge in [0, 0.05) is 6.54 Å². The number of rotatable bonds is 7. The summed E-state index contributed by atoms with van der Waals surface area (Å²) in [5.74, 6) is -0.210. The smallest absolute Gasteiger partial charge is 0.321 e. The molecule has 0 bridgehead atoms.